The molecule has 1 aromatic heterocycles. The average Bonchev–Trinajstić information content (AvgIpc) is 3.32. The van der Waals surface area contributed by atoms with Crippen LogP contribution in [0.1, 0.15) is 44.4 Å². The smallest absolute Gasteiger partial charge is 0.247 e. The molecular weight excluding hydrogens is 482 g/mol. The zero-order valence-corrected chi connectivity index (χ0v) is 22.1. The van der Waals surface area contributed by atoms with Crippen molar-refractivity contribution in [1.82, 2.24) is 25.2 Å². The summed E-state index contributed by atoms with van der Waals surface area (Å²) in [5.74, 6) is 0.0251. The maximum absolute atomic E-state index is 14.0. The number of aromatic nitrogens is 3. The maximum atomic E-state index is 14.0. The van der Waals surface area contributed by atoms with E-state index in [0.717, 1.165) is 11.1 Å². The van der Waals surface area contributed by atoms with E-state index in [2.05, 4.69) is 15.6 Å². The number of aromatic hydroxyl groups is 1. The minimum absolute atomic E-state index is 0.0680. The number of nitrogens with zero attached hydrogens (tertiary/aromatic N) is 4. The summed E-state index contributed by atoms with van der Waals surface area (Å²) in [7, 11) is 1.57. The van der Waals surface area contributed by atoms with Crippen molar-refractivity contribution in [3.05, 3.63) is 83.9 Å². The van der Waals surface area contributed by atoms with Gasteiger partial charge in [-0.05, 0) is 56.2 Å². The number of hydrogen-bond acceptors (Lipinski definition) is 6. The third kappa shape index (κ3) is 5.94. The third-order valence-electron chi connectivity index (χ3n) is 6.67. The predicted molar refractivity (Wildman–Crippen MR) is 144 cm³/mol. The van der Waals surface area contributed by atoms with Gasteiger partial charge < -0.3 is 20.1 Å². The Morgan fingerprint density at radius 2 is 1.74 bits per heavy atom. The van der Waals surface area contributed by atoms with Crippen LogP contribution < -0.4 is 10.1 Å². The molecule has 198 valence electrons. The van der Waals surface area contributed by atoms with Gasteiger partial charge in [-0.2, -0.15) is 0 Å². The Morgan fingerprint density at radius 1 is 1.05 bits per heavy atom. The summed E-state index contributed by atoms with van der Waals surface area (Å²) in [6.07, 6.45) is 0.701. The number of para-hydroxylation sites is 2. The zero-order valence-electron chi connectivity index (χ0n) is 22.1. The fourth-order valence-electron chi connectivity index (χ4n) is 4.21. The first kappa shape index (κ1) is 26.7. The summed E-state index contributed by atoms with van der Waals surface area (Å²) in [4.78, 5) is 29.5. The van der Waals surface area contributed by atoms with Crippen LogP contribution in [0.5, 0.6) is 11.5 Å². The Kier molecular flexibility index (Phi) is 7.95. The van der Waals surface area contributed by atoms with Gasteiger partial charge in [-0.25, -0.2) is 4.68 Å². The van der Waals surface area contributed by atoms with E-state index in [1.807, 2.05) is 69.3 Å². The largest absolute Gasteiger partial charge is 0.508 e. The van der Waals surface area contributed by atoms with E-state index < -0.39 is 11.6 Å². The van der Waals surface area contributed by atoms with Crippen molar-refractivity contribution in [2.45, 2.75) is 51.9 Å². The molecule has 0 saturated carbocycles. The second kappa shape index (κ2) is 11.3. The number of phenolic OH excluding ortho intramolecular Hbond substituents is 1. The first-order valence-corrected chi connectivity index (χ1v) is 12.5. The van der Waals surface area contributed by atoms with Crippen molar-refractivity contribution in [2.24, 2.45) is 0 Å². The summed E-state index contributed by atoms with van der Waals surface area (Å²) in [6.45, 7) is 5.86. The molecule has 0 aliphatic heterocycles. The molecule has 2 amide bonds. The van der Waals surface area contributed by atoms with Crippen molar-refractivity contribution in [2.75, 3.05) is 7.11 Å². The van der Waals surface area contributed by atoms with Crippen LogP contribution >= 0.6 is 0 Å². The van der Waals surface area contributed by atoms with E-state index in [-0.39, 0.29) is 30.7 Å². The Bertz CT molecular complexity index is 1410. The summed E-state index contributed by atoms with van der Waals surface area (Å²) in [5.41, 5.74) is 2.22. The van der Waals surface area contributed by atoms with Gasteiger partial charge in [0.15, 0.2) is 0 Å². The number of methoxy groups -OCH3 is 1. The highest BCUT2D eigenvalue weighted by Crippen LogP contribution is 2.29. The highest BCUT2D eigenvalue weighted by molar-refractivity contribution is 5.89. The molecule has 0 bridgehead atoms. The average molecular weight is 516 g/mol. The van der Waals surface area contributed by atoms with Gasteiger partial charge in [0.1, 0.15) is 29.6 Å². The molecule has 0 fully saturated rings. The van der Waals surface area contributed by atoms with Crippen LogP contribution in [0.25, 0.3) is 11.0 Å². The molecule has 9 nitrogen and oxygen atoms in total. The lowest BCUT2D eigenvalue weighted by atomic mass is 9.98. The van der Waals surface area contributed by atoms with Gasteiger partial charge in [-0.1, -0.05) is 54.6 Å². The minimum atomic E-state index is -0.978. The predicted octanol–water partition coefficient (Wildman–Crippen LogP) is 4.22. The molecule has 0 saturated heterocycles. The number of ether oxygens (including phenoxy) is 1. The van der Waals surface area contributed by atoms with Crippen molar-refractivity contribution in [3.63, 3.8) is 0 Å². The van der Waals surface area contributed by atoms with Gasteiger partial charge >= 0.3 is 0 Å². The summed E-state index contributed by atoms with van der Waals surface area (Å²) < 4.78 is 7.09. The van der Waals surface area contributed by atoms with Crippen molar-refractivity contribution < 1.29 is 19.4 Å². The molecule has 3 aromatic carbocycles. The molecule has 2 N–H and O–H groups in total. The highest BCUT2D eigenvalue weighted by Gasteiger charge is 2.34. The number of carbonyl (C=O) groups excluding carboxylic acids is 2. The molecule has 0 aliphatic carbocycles. The Labute approximate surface area is 222 Å². The quantitative estimate of drug-likeness (QED) is 0.327. The molecule has 0 unspecified atom stereocenters. The molecule has 9 heteroatoms. The molecule has 1 atom stereocenters. The molecule has 0 spiro atoms. The molecule has 0 aliphatic rings. The van der Waals surface area contributed by atoms with Crippen LogP contribution in [-0.4, -0.2) is 49.5 Å². The van der Waals surface area contributed by atoms with E-state index >= 15 is 0 Å². The molecule has 4 aromatic rings. The van der Waals surface area contributed by atoms with Crippen LogP contribution in [0.3, 0.4) is 0 Å². The topological polar surface area (TPSA) is 110 Å². The number of carbonyl (C=O) groups is 2. The second-order valence-electron chi connectivity index (χ2n) is 9.79. The summed E-state index contributed by atoms with van der Waals surface area (Å²) >= 11 is 0. The number of benzene rings is 3. The molecular formula is C29H33N5O4. The lowest BCUT2D eigenvalue weighted by Crippen LogP contribution is -2.50. The molecule has 4 rings (SSSR count). The van der Waals surface area contributed by atoms with Crippen LogP contribution in [0, 0.1) is 0 Å². The highest BCUT2D eigenvalue weighted by atomic mass is 16.5. The fraction of sp³-hybridized carbons (Fsp3) is 0.310. The third-order valence-corrected chi connectivity index (χ3v) is 6.67. The van der Waals surface area contributed by atoms with E-state index in [0.29, 0.717) is 23.3 Å². The first-order chi connectivity index (χ1) is 18.2. The Balaban J connectivity index is 1.79. The van der Waals surface area contributed by atoms with Gasteiger partial charge in [0.05, 0.1) is 19.2 Å². The number of nitrogens with one attached hydrogen (secondary N) is 1. The van der Waals surface area contributed by atoms with Gasteiger partial charge in [-0.3, -0.25) is 9.59 Å². The van der Waals surface area contributed by atoms with Crippen LogP contribution in [-0.2, 0) is 22.7 Å². The van der Waals surface area contributed by atoms with E-state index in [4.69, 9.17) is 4.74 Å². The fourth-order valence-corrected chi connectivity index (χ4v) is 4.21. The van der Waals surface area contributed by atoms with Gasteiger partial charge in [0, 0.05) is 11.1 Å². The number of hydrogen-bond donors (Lipinski definition) is 2. The number of phenols is 1. The number of fused-ring (bicyclic) bond motifs is 1. The van der Waals surface area contributed by atoms with Crippen molar-refractivity contribution in [1.29, 1.82) is 0 Å². The van der Waals surface area contributed by atoms with Gasteiger partial charge in [0.25, 0.3) is 0 Å². The van der Waals surface area contributed by atoms with E-state index in [1.165, 1.54) is 21.7 Å². The van der Waals surface area contributed by atoms with Crippen molar-refractivity contribution >= 4 is 22.8 Å². The summed E-state index contributed by atoms with van der Waals surface area (Å²) in [6, 6.07) is 20.2. The monoisotopic (exact) mass is 515 g/mol. The van der Waals surface area contributed by atoms with Crippen molar-refractivity contribution in [3.8, 4) is 11.5 Å². The van der Waals surface area contributed by atoms with Crippen LogP contribution in [0.2, 0.25) is 0 Å². The van der Waals surface area contributed by atoms with E-state index in [1.54, 1.807) is 19.2 Å². The lowest BCUT2D eigenvalue weighted by Gasteiger charge is -2.35. The first-order valence-electron chi connectivity index (χ1n) is 12.5. The molecule has 0 radical (unpaired) electrons. The van der Waals surface area contributed by atoms with E-state index in [9.17, 15) is 14.7 Å². The summed E-state index contributed by atoms with van der Waals surface area (Å²) in [5, 5.41) is 21.3. The SMILES string of the molecule is CCC(C)(C)NC(=O)[C@H](c1ccc(O)cc1)N(Cc1ccccc1OC)C(=O)Cn1nnc2ccccc21. The van der Waals surface area contributed by atoms with Crippen LogP contribution in [0.15, 0.2) is 72.8 Å². The lowest BCUT2D eigenvalue weighted by molar-refractivity contribution is -0.143. The number of amides is 2. The maximum Gasteiger partial charge on any atom is 0.247 e. The Morgan fingerprint density at radius 3 is 2.45 bits per heavy atom. The van der Waals surface area contributed by atoms with Gasteiger partial charge in [0.2, 0.25) is 11.8 Å². The van der Waals surface area contributed by atoms with Gasteiger partial charge in [-0.15, -0.1) is 5.10 Å². The number of rotatable bonds is 10. The second-order valence-corrected chi connectivity index (χ2v) is 9.79. The minimum Gasteiger partial charge on any atom is -0.508 e. The zero-order chi connectivity index (χ0) is 27.3. The molecule has 38 heavy (non-hydrogen) atoms. The Hall–Kier alpha value is -4.40. The normalized spacial score (nSPS) is 12.2. The standard InChI is InChI=1S/C29H33N5O4/c1-5-29(2,3)30-28(37)27(20-14-16-22(35)17-15-20)33(18-21-10-6-9-13-25(21)38-4)26(36)19-34-24-12-8-7-11-23(24)31-32-34/h6-17,27,35H,5,18-19H2,1-4H3,(H,30,37)/t27-/m0/s1. The van der Waals surface area contributed by atoms with Crippen LogP contribution in [0.4, 0.5) is 0 Å². The molecule has 1 heterocycles.